The fourth-order valence-corrected chi connectivity index (χ4v) is 5.82. The van der Waals surface area contributed by atoms with E-state index in [-0.39, 0.29) is 19.1 Å². The predicted molar refractivity (Wildman–Crippen MR) is 150 cm³/mol. The topological polar surface area (TPSA) is 104 Å². The van der Waals surface area contributed by atoms with Crippen LogP contribution in [0.3, 0.4) is 0 Å². The number of hydrogen-bond donors (Lipinski definition) is 3. The summed E-state index contributed by atoms with van der Waals surface area (Å²) in [7, 11) is 0. The highest BCUT2D eigenvalue weighted by atomic mass is 16.4. The lowest BCUT2D eigenvalue weighted by Crippen LogP contribution is -2.50. The number of aliphatic hydroxyl groups is 1. The van der Waals surface area contributed by atoms with E-state index in [1.54, 1.807) is 0 Å². The fraction of sp³-hybridized carbons (Fsp3) is 0.194. The van der Waals surface area contributed by atoms with Crippen molar-refractivity contribution in [2.75, 3.05) is 18.4 Å². The van der Waals surface area contributed by atoms with Gasteiger partial charge in [0, 0.05) is 18.8 Å². The number of amides is 1. The Kier molecular flexibility index (Phi) is 6.46. The van der Waals surface area contributed by atoms with E-state index < -0.39 is 17.7 Å². The Balaban J connectivity index is 1.53. The number of nitrogens with zero attached hydrogens (tertiary/aromatic N) is 4. The number of piperidine rings is 1. The number of likely N-dealkylation sites (tertiary alicyclic amines) is 1. The molecule has 0 spiro atoms. The van der Waals surface area contributed by atoms with Gasteiger partial charge in [-0.25, -0.2) is 14.8 Å². The first kappa shape index (κ1) is 24.6. The average Bonchev–Trinajstić information content (AvgIpc) is 3.40. The van der Waals surface area contributed by atoms with Gasteiger partial charge in [-0.2, -0.15) is 0 Å². The second-order valence-corrected chi connectivity index (χ2v) is 9.87. The third-order valence-corrected chi connectivity index (χ3v) is 7.46. The number of carbonyl (C=O) groups is 1. The number of carboxylic acid groups (broad SMARTS) is 1. The Morgan fingerprint density at radius 2 is 1.38 bits per heavy atom. The fourth-order valence-electron chi connectivity index (χ4n) is 5.82. The molecule has 1 fully saturated rings. The summed E-state index contributed by atoms with van der Waals surface area (Å²) in [5.74, 6) is 0.603. The minimum Gasteiger partial charge on any atom is -0.465 e. The molecular weight excluding hydrogens is 490 g/mol. The van der Waals surface area contributed by atoms with E-state index in [9.17, 15) is 15.0 Å². The summed E-state index contributed by atoms with van der Waals surface area (Å²) in [5, 5.41) is 24.0. The van der Waals surface area contributed by atoms with Gasteiger partial charge in [-0.05, 0) is 29.2 Å². The first-order valence-corrected chi connectivity index (χ1v) is 13.0. The SMILES string of the molecule is O=C(O)N1C[C@H](O)C[C@@H](Nc2ncnc3c2ccn3C(c2ccccc2)(c2ccccc2)c2ccccc2)C1. The highest BCUT2D eigenvalue weighted by Gasteiger charge is 2.39. The molecule has 0 bridgehead atoms. The zero-order valence-corrected chi connectivity index (χ0v) is 21.3. The molecule has 6 rings (SSSR count). The maximum atomic E-state index is 11.6. The highest BCUT2D eigenvalue weighted by molar-refractivity contribution is 5.88. The van der Waals surface area contributed by atoms with Crippen molar-refractivity contribution < 1.29 is 15.0 Å². The molecule has 3 heterocycles. The molecule has 0 aliphatic carbocycles. The molecule has 3 N–H and O–H groups in total. The molecule has 0 radical (unpaired) electrons. The Bertz CT molecular complexity index is 1480. The summed E-state index contributed by atoms with van der Waals surface area (Å²) in [6, 6.07) is 32.9. The van der Waals surface area contributed by atoms with Gasteiger partial charge in [0.1, 0.15) is 23.3 Å². The van der Waals surface area contributed by atoms with Gasteiger partial charge >= 0.3 is 6.09 Å². The summed E-state index contributed by atoms with van der Waals surface area (Å²) in [6.45, 7) is 0.372. The molecule has 0 unspecified atom stereocenters. The number of aromatic nitrogens is 3. The first-order chi connectivity index (χ1) is 19.1. The van der Waals surface area contributed by atoms with Crippen molar-refractivity contribution in [1.82, 2.24) is 19.4 Å². The zero-order chi connectivity index (χ0) is 26.8. The number of fused-ring (bicyclic) bond motifs is 1. The van der Waals surface area contributed by atoms with Gasteiger partial charge in [-0.15, -0.1) is 0 Å². The van der Waals surface area contributed by atoms with Crippen LogP contribution in [0.1, 0.15) is 23.1 Å². The van der Waals surface area contributed by atoms with Gasteiger partial charge in [0.15, 0.2) is 0 Å². The molecular formula is C31H29N5O3. The quantitative estimate of drug-likeness (QED) is 0.279. The largest absolute Gasteiger partial charge is 0.465 e. The third kappa shape index (κ3) is 4.38. The lowest BCUT2D eigenvalue weighted by Gasteiger charge is -2.38. The number of benzene rings is 3. The monoisotopic (exact) mass is 519 g/mol. The van der Waals surface area contributed by atoms with Crippen molar-refractivity contribution >= 4 is 22.9 Å². The maximum Gasteiger partial charge on any atom is 0.407 e. The number of rotatable bonds is 6. The van der Waals surface area contributed by atoms with E-state index in [0.29, 0.717) is 12.2 Å². The second-order valence-electron chi connectivity index (χ2n) is 9.87. The van der Waals surface area contributed by atoms with Crippen LogP contribution in [0.4, 0.5) is 10.6 Å². The van der Waals surface area contributed by atoms with Crippen molar-refractivity contribution in [3.05, 3.63) is 126 Å². The summed E-state index contributed by atoms with van der Waals surface area (Å²) in [5.41, 5.74) is 3.26. The lowest BCUT2D eigenvalue weighted by molar-refractivity contribution is 0.0607. The molecule has 5 aromatic rings. The molecule has 1 saturated heterocycles. The highest BCUT2D eigenvalue weighted by Crippen LogP contribution is 2.43. The molecule has 8 heteroatoms. The molecule has 0 saturated carbocycles. The third-order valence-electron chi connectivity index (χ3n) is 7.46. The number of hydrogen-bond acceptors (Lipinski definition) is 5. The van der Waals surface area contributed by atoms with E-state index in [0.717, 1.165) is 27.7 Å². The van der Waals surface area contributed by atoms with Crippen LogP contribution < -0.4 is 5.32 Å². The number of anilines is 1. The molecule has 2 aromatic heterocycles. The van der Waals surface area contributed by atoms with Crippen LogP contribution in [0.5, 0.6) is 0 Å². The van der Waals surface area contributed by atoms with Crippen LogP contribution >= 0.6 is 0 Å². The molecule has 1 aliphatic heterocycles. The molecule has 196 valence electrons. The van der Waals surface area contributed by atoms with Gasteiger partial charge in [-0.1, -0.05) is 91.0 Å². The van der Waals surface area contributed by atoms with E-state index >= 15 is 0 Å². The Morgan fingerprint density at radius 1 is 0.821 bits per heavy atom. The van der Waals surface area contributed by atoms with Crippen LogP contribution in [0.25, 0.3) is 11.0 Å². The second kappa shape index (κ2) is 10.2. The maximum absolute atomic E-state index is 11.6. The smallest absolute Gasteiger partial charge is 0.407 e. The Labute approximate surface area is 226 Å². The minimum absolute atomic E-state index is 0.108. The standard InChI is InChI=1S/C31H29N5O3/c37-26-18-25(19-35(20-26)30(38)39)34-28-27-16-17-36(29(27)33-21-32-28)31(22-10-4-1-5-11-22,23-12-6-2-7-13-23)24-14-8-3-9-15-24/h1-17,21,25-26,37H,18-20H2,(H,38,39)(H,32,33,34)/t25-,26-/m1/s1. The van der Waals surface area contributed by atoms with Crippen molar-refractivity contribution in [3.8, 4) is 0 Å². The summed E-state index contributed by atoms with van der Waals surface area (Å²) >= 11 is 0. The van der Waals surface area contributed by atoms with Crippen LogP contribution in [0.2, 0.25) is 0 Å². The van der Waals surface area contributed by atoms with Gasteiger partial charge in [0.2, 0.25) is 0 Å². The van der Waals surface area contributed by atoms with E-state index in [4.69, 9.17) is 4.98 Å². The van der Waals surface area contributed by atoms with Crippen LogP contribution in [-0.2, 0) is 5.54 Å². The molecule has 1 amide bonds. The van der Waals surface area contributed by atoms with Crippen LogP contribution in [-0.4, -0.2) is 61.0 Å². The number of aliphatic hydroxyl groups excluding tert-OH is 1. The van der Waals surface area contributed by atoms with Gasteiger partial charge < -0.3 is 25.0 Å². The molecule has 3 aromatic carbocycles. The van der Waals surface area contributed by atoms with Crippen molar-refractivity contribution in [2.45, 2.75) is 24.1 Å². The molecule has 8 nitrogen and oxygen atoms in total. The molecule has 39 heavy (non-hydrogen) atoms. The van der Waals surface area contributed by atoms with Gasteiger partial charge in [-0.3, -0.25) is 0 Å². The van der Waals surface area contributed by atoms with E-state index in [2.05, 4.69) is 51.3 Å². The molecule has 1 aliphatic rings. The summed E-state index contributed by atoms with van der Waals surface area (Å²) in [4.78, 5) is 22.1. The number of nitrogens with one attached hydrogen (secondary N) is 1. The van der Waals surface area contributed by atoms with Crippen molar-refractivity contribution in [3.63, 3.8) is 0 Å². The summed E-state index contributed by atoms with van der Waals surface area (Å²) in [6.07, 6.45) is 2.21. The zero-order valence-electron chi connectivity index (χ0n) is 21.3. The van der Waals surface area contributed by atoms with Crippen molar-refractivity contribution in [2.24, 2.45) is 0 Å². The van der Waals surface area contributed by atoms with Gasteiger partial charge in [0.05, 0.1) is 18.0 Å². The minimum atomic E-state index is -1.04. The van der Waals surface area contributed by atoms with Gasteiger partial charge in [0.25, 0.3) is 0 Å². The van der Waals surface area contributed by atoms with Crippen LogP contribution in [0.15, 0.2) is 110 Å². The molecule has 2 atom stereocenters. The van der Waals surface area contributed by atoms with Crippen LogP contribution in [0, 0.1) is 0 Å². The predicted octanol–water partition coefficient (Wildman–Crippen LogP) is 4.80. The van der Waals surface area contributed by atoms with E-state index in [1.165, 1.54) is 11.2 Å². The first-order valence-electron chi connectivity index (χ1n) is 13.0. The Hall–Kier alpha value is -4.69. The Morgan fingerprint density at radius 3 is 1.92 bits per heavy atom. The lowest BCUT2D eigenvalue weighted by atomic mass is 9.76. The van der Waals surface area contributed by atoms with E-state index in [1.807, 2.05) is 66.9 Å². The average molecular weight is 520 g/mol. The normalized spacial score (nSPS) is 17.7. The number of β-amino-alcohol motifs (C(OH)–C–C–N with tert-alkyl or cyclic N) is 1. The van der Waals surface area contributed by atoms with Crippen molar-refractivity contribution in [1.29, 1.82) is 0 Å². The summed E-state index contributed by atoms with van der Waals surface area (Å²) < 4.78 is 2.19.